The highest BCUT2D eigenvalue weighted by Gasteiger charge is 2.26. The number of hydrogen-bond donors (Lipinski definition) is 1. The first-order valence-corrected chi connectivity index (χ1v) is 10.9. The van der Waals surface area contributed by atoms with Crippen LogP contribution in [0.25, 0.3) is 0 Å². The molecular weight excluding hydrogens is 419 g/mol. The lowest BCUT2D eigenvalue weighted by Gasteiger charge is -2.29. The van der Waals surface area contributed by atoms with Gasteiger partial charge in [-0.3, -0.25) is 9.59 Å². The zero-order valence-corrected chi connectivity index (χ0v) is 19.0. The third kappa shape index (κ3) is 7.17. The van der Waals surface area contributed by atoms with Crippen molar-refractivity contribution in [3.63, 3.8) is 0 Å². The Morgan fingerprint density at radius 1 is 0.909 bits per heavy atom. The second-order valence-corrected chi connectivity index (χ2v) is 7.88. The van der Waals surface area contributed by atoms with Crippen molar-refractivity contribution in [2.75, 3.05) is 13.7 Å². The minimum Gasteiger partial charge on any atom is -0.497 e. The van der Waals surface area contributed by atoms with E-state index in [2.05, 4.69) is 5.32 Å². The average Bonchev–Trinajstić information content (AvgIpc) is 2.84. The molecule has 6 heteroatoms. The van der Waals surface area contributed by atoms with Crippen LogP contribution in [0, 0.1) is 5.82 Å². The van der Waals surface area contributed by atoms with Crippen LogP contribution < -0.4 is 10.1 Å². The molecule has 33 heavy (non-hydrogen) atoms. The van der Waals surface area contributed by atoms with Crippen LogP contribution in [0.2, 0.25) is 0 Å². The fourth-order valence-electron chi connectivity index (χ4n) is 3.51. The molecule has 0 aliphatic heterocycles. The van der Waals surface area contributed by atoms with Crippen LogP contribution in [0.1, 0.15) is 23.6 Å². The molecule has 172 valence electrons. The maximum atomic E-state index is 13.3. The lowest BCUT2D eigenvalue weighted by atomic mass is 10.1. The van der Waals surface area contributed by atoms with Crippen molar-refractivity contribution in [2.24, 2.45) is 0 Å². The Hall–Kier alpha value is -3.67. The Kier molecular flexibility index (Phi) is 8.58. The van der Waals surface area contributed by atoms with E-state index >= 15 is 0 Å². The number of methoxy groups -OCH3 is 1. The molecular formula is C27H29FN2O3. The number of halogens is 1. The van der Waals surface area contributed by atoms with Crippen molar-refractivity contribution in [1.29, 1.82) is 0 Å². The maximum absolute atomic E-state index is 13.3. The van der Waals surface area contributed by atoms with E-state index in [1.807, 2.05) is 54.6 Å². The van der Waals surface area contributed by atoms with Crippen molar-refractivity contribution >= 4 is 11.8 Å². The molecule has 0 saturated heterocycles. The molecule has 0 heterocycles. The number of rotatable bonds is 10. The lowest BCUT2D eigenvalue weighted by Crippen LogP contribution is -2.48. The minimum absolute atomic E-state index is 0.164. The first-order chi connectivity index (χ1) is 16.0. The molecule has 3 aromatic rings. The Balaban J connectivity index is 1.65. The zero-order chi connectivity index (χ0) is 23.6. The molecule has 0 aliphatic rings. The van der Waals surface area contributed by atoms with Crippen LogP contribution in [0.4, 0.5) is 4.39 Å². The summed E-state index contributed by atoms with van der Waals surface area (Å²) in [6.07, 6.45) is 0.851. The van der Waals surface area contributed by atoms with Crippen molar-refractivity contribution < 1.29 is 18.7 Å². The summed E-state index contributed by atoms with van der Waals surface area (Å²) < 4.78 is 18.5. The van der Waals surface area contributed by atoms with Crippen molar-refractivity contribution in [2.45, 2.75) is 32.4 Å². The van der Waals surface area contributed by atoms with Crippen LogP contribution in [-0.2, 0) is 29.0 Å². The monoisotopic (exact) mass is 448 g/mol. The van der Waals surface area contributed by atoms with E-state index in [4.69, 9.17) is 4.74 Å². The lowest BCUT2D eigenvalue weighted by molar-refractivity contribution is -0.140. The number of nitrogens with zero attached hydrogens (tertiary/aromatic N) is 1. The molecule has 0 fully saturated rings. The summed E-state index contributed by atoms with van der Waals surface area (Å²) in [5, 5.41) is 2.93. The van der Waals surface area contributed by atoms with Gasteiger partial charge in [-0.2, -0.15) is 0 Å². The highest BCUT2D eigenvalue weighted by molar-refractivity contribution is 5.88. The number of benzene rings is 3. The van der Waals surface area contributed by atoms with Gasteiger partial charge < -0.3 is 15.0 Å². The highest BCUT2D eigenvalue weighted by atomic mass is 19.1. The van der Waals surface area contributed by atoms with E-state index in [9.17, 15) is 14.0 Å². The summed E-state index contributed by atoms with van der Waals surface area (Å²) >= 11 is 0. The van der Waals surface area contributed by atoms with Gasteiger partial charge in [0.15, 0.2) is 0 Å². The van der Waals surface area contributed by atoms with Crippen molar-refractivity contribution in [1.82, 2.24) is 10.2 Å². The normalized spacial score (nSPS) is 11.5. The topological polar surface area (TPSA) is 58.6 Å². The van der Waals surface area contributed by atoms with Gasteiger partial charge in [-0.1, -0.05) is 54.6 Å². The SMILES string of the molecule is COc1ccc(CCNC(=O)[C@@H](C)N(Cc2ccc(F)cc2)C(=O)Cc2ccccc2)cc1. The molecule has 0 aliphatic carbocycles. The van der Waals surface area contributed by atoms with E-state index in [1.165, 1.54) is 12.1 Å². The number of amides is 2. The molecule has 3 aromatic carbocycles. The van der Waals surface area contributed by atoms with Crippen molar-refractivity contribution in [3.8, 4) is 5.75 Å². The quantitative estimate of drug-likeness (QED) is 0.507. The van der Waals surface area contributed by atoms with Gasteiger partial charge in [0.1, 0.15) is 17.6 Å². The predicted octanol–water partition coefficient (Wildman–Crippen LogP) is 4.15. The maximum Gasteiger partial charge on any atom is 0.242 e. The Morgan fingerprint density at radius 2 is 1.55 bits per heavy atom. The van der Waals surface area contributed by atoms with Crippen LogP contribution in [0.5, 0.6) is 5.75 Å². The average molecular weight is 449 g/mol. The van der Waals surface area contributed by atoms with E-state index in [-0.39, 0.29) is 30.6 Å². The van der Waals surface area contributed by atoms with Gasteiger partial charge in [-0.05, 0) is 54.3 Å². The van der Waals surface area contributed by atoms with Gasteiger partial charge in [-0.15, -0.1) is 0 Å². The Labute approximate surface area is 194 Å². The van der Waals surface area contributed by atoms with E-state index < -0.39 is 6.04 Å². The third-order valence-corrected chi connectivity index (χ3v) is 5.50. The molecule has 0 unspecified atom stereocenters. The van der Waals surface area contributed by atoms with Gasteiger partial charge in [0.05, 0.1) is 13.5 Å². The van der Waals surface area contributed by atoms with Crippen LogP contribution >= 0.6 is 0 Å². The van der Waals surface area contributed by atoms with Gasteiger partial charge in [0.2, 0.25) is 11.8 Å². The fraction of sp³-hybridized carbons (Fsp3) is 0.259. The van der Waals surface area contributed by atoms with Crippen LogP contribution in [0.15, 0.2) is 78.9 Å². The molecule has 5 nitrogen and oxygen atoms in total. The molecule has 1 atom stereocenters. The third-order valence-electron chi connectivity index (χ3n) is 5.50. The number of carbonyl (C=O) groups is 2. The molecule has 0 spiro atoms. The second-order valence-electron chi connectivity index (χ2n) is 7.88. The summed E-state index contributed by atoms with van der Waals surface area (Å²) in [4.78, 5) is 27.6. The standard InChI is InChI=1S/C27H29FN2O3/c1-20(27(32)29-17-16-21-10-14-25(33-2)15-11-21)30(19-23-8-12-24(28)13-9-23)26(31)18-22-6-4-3-5-7-22/h3-15,20H,16-19H2,1-2H3,(H,29,32)/t20-/m1/s1. The Morgan fingerprint density at radius 3 is 2.18 bits per heavy atom. The summed E-state index contributed by atoms with van der Waals surface area (Å²) in [6.45, 7) is 2.39. The van der Waals surface area contributed by atoms with E-state index in [0.29, 0.717) is 13.0 Å². The summed E-state index contributed by atoms with van der Waals surface area (Å²) in [5.41, 5.74) is 2.71. The molecule has 0 bridgehead atoms. The zero-order valence-electron chi connectivity index (χ0n) is 19.0. The first kappa shape index (κ1) is 24.0. The van der Waals surface area contributed by atoms with Gasteiger partial charge in [-0.25, -0.2) is 4.39 Å². The largest absolute Gasteiger partial charge is 0.497 e. The highest BCUT2D eigenvalue weighted by Crippen LogP contribution is 2.14. The van der Waals surface area contributed by atoms with Crippen LogP contribution in [0.3, 0.4) is 0 Å². The first-order valence-electron chi connectivity index (χ1n) is 10.9. The fourth-order valence-corrected chi connectivity index (χ4v) is 3.51. The summed E-state index contributed by atoms with van der Waals surface area (Å²) in [6, 6.07) is 22.4. The van der Waals surface area contributed by atoms with Crippen molar-refractivity contribution in [3.05, 3.63) is 101 Å². The van der Waals surface area contributed by atoms with E-state index in [0.717, 1.165) is 22.4 Å². The smallest absolute Gasteiger partial charge is 0.242 e. The number of nitrogens with one attached hydrogen (secondary N) is 1. The molecule has 0 aromatic heterocycles. The molecule has 0 saturated carbocycles. The predicted molar refractivity (Wildman–Crippen MR) is 126 cm³/mol. The molecule has 0 radical (unpaired) electrons. The number of ether oxygens (including phenoxy) is 1. The van der Waals surface area contributed by atoms with Crippen LogP contribution in [-0.4, -0.2) is 36.4 Å². The molecule has 1 N–H and O–H groups in total. The number of carbonyl (C=O) groups excluding carboxylic acids is 2. The second kappa shape index (κ2) is 11.8. The van der Waals surface area contributed by atoms with Gasteiger partial charge in [0.25, 0.3) is 0 Å². The van der Waals surface area contributed by atoms with Gasteiger partial charge in [0, 0.05) is 13.1 Å². The van der Waals surface area contributed by atoms with E-state index in [1.54, 1.807) is 31.1 Å². The number of hydrogen-bond acceptors (Lipinski definition) is 3. The summed E-state index contributed by atoms with van der Waals surface area (Å²) in [5.74, 6) is 0.0466. The summed E-state index contributed by atoms with van der Waals surface area (Å²) in [7, 11) is 1.62. The molecule has 3 rings (SSSR count). The Bertz CT molecular complexity index is 1040. The molecule has 2 amide bonds. The van der Waals surface area contributed by atoms with Gasteiger partial charge >= 0.3 is 0 Å². The minimum atomic E-state index is -0.679.